The number of alkyl halides is 3. The zero-order valence-corrected chi connectivity index (χ0v) is 12.4. The maximum atomic E-state index is 12.9. The highest BCUT2D eigenvalue weighted by Gasteiger charge is 2.37. The second kappa shape index (κ2) is 5.94. The molecule has 2 heterocycles. The van der Waals surface area contributed by atoms with Crippen molar-refractivity contribution < 1.29 is 18.0 Å². The van der Waals surface area contributed by atoms with E-state index in [2.05, 4.69) is 4.90 Å². The van der Waals surface area contributed by atoms with Crippen LogP contribution in [0.25, 0.3) is 0 Å². The van der Waals surface area contributed by atoms with Crippen molar-refractivity contribution in [3.8, 4) is 0 Å². The zero-order valence-electron chi connectivity index (χ0n) is 12.4. The monoisotopic (exact) mass is 311 g/mol. The van der Waals surface area contributed by atoms with Crippen molar-refractivity contribution in [1.29, 1.82) is 0 Å². The summed E-state index contributed by atoms with van der Waals surface area (Å²) in [5.74, 6) is -0.200. The molecule has 22 heavy (non-hydrogen) atoms. The summed E-state index contributed by atoms with van der Waals surface area (Å²) in [5, 5.41) is 0. The smallest absolute Gasteiger partial charge is 0.368 e. The van der Waals surface area contributed by atoms with E-state index in [1.165, 1.54) is 12.5 Å². The van der Waals surface area contributed by atoms with Crippen LogP contribution in [0.1, 0.15) is 43.2 Å². The van der Waals surface area contributed by atoms with E-state index >= 15 is 0 Å². The van der Waals surface area contributed by atoms with Crippen LogP contribution in [0.2, 0.25) is 0 Å². The standard InChI is InChI=1S/C17H20F3NO/c18-17(19,20)14-6-7-16-12(10-14)9-13(11-22)15-5-3-1-2-4-8-21(15)16/h6-7,10-11,13,15H,1-5,8-9H2/t13-,15-/m0/s1. The molecule has 0 bridgehead atoms. The summed E-state index contributed by atoms with van der Waals surface area (Å²) in [5.41, 5.74) is 0.920. The van der Waals surface area contributed by atoms with Crippen LogP contribution in [0, 0.1) is 5.92 Å². The van der Waals surface area contributed by atoms with Gasteiger partial charge < -0.3 is 9.69 Å². The minimum atomic E-state index is -4.33. The van der Waals surface area contributed by atoms with E-state index in [1.54, 1.807) is 6.07 Å². The van der Waals surface area contributed by atoms with E-state index in [4.69, 9.17) is 0 Å². The topological polar surface area (TPSA) is 20.3 Å². The normalized spacial score (nSPS) is 25.7. The maximum absolute atomic E-state index is 12.9. The predicted molar refractivity (Wildman–Crippen MR) is 78.9 cm³/mol. The lowest BCUT2D eigenvalue weighted by molar-refractivity contribution is -0.137. The number of benzene rings is 1. The number of carbonyl (C=O) groups is 1. The lowest BCUT2D eigenvalue weighted by Gasteiger charge is -2.43. The molecule has 1 aromatic rings. The first-order chi connectivity index (χ1) is 10.5. The van der Waals surface area contributed by atoms with Crippen LogP contribution in [-0.2, 0) is 17.4 Å². The lowest BCUT2D eigenvalue weighted by atomic mass is 9.82. The van der Waals surface area contributed by atoms with Gasteiger partial charge in [0, 0.05) is 24.2 Å². The third-order valence-electron chi connectivity index (χ3n) is 4.89. The summed E-state index contributed by atoms with van der Waals surface area (Å²) in [4.78, 5) is 13.6. The van der Waals surface area contributed by atoms with Gasteiger partial charge in [-0.1, -0.05) is 19.3 Å². The fraction of sp³-hybridized carbons (Fsp3) is 0.588. The van der Waals surface area contributed by atoms with Gasteiger partial charge in [0.25, 0.3) is 0 Å². The minimum absolute atomic E-state index is 0.141. The maximum Gasteiger partial charge on any atom is 0.416 e. The number of anilines is 1. The molecular weight excluding hydrogens is 291 g/mol. The van der Waals surface area contributed by atoms with Gasteiger partial charge in [0.2, 0.25) is 0 Å². The van der Waals surface area contributed by atoms with Gasteiger partial charge >= 0.3 is 6.18 Å². The molecule has 120 valence electrons. The van der Waals surface area contributed by atoms with Crippen LogP contribution >= 0.6 is 0 Å². The molecule has 2 aliphatic rings. The van der Waals surface area contributed by atoms with E-state index in [0.29, 0.717) is 12.0 Å². The van der Waals surface area contributed by atoms with E-state index in [-0.39, 0.29) is 12.0 Å². The largest absolute Gasteiger partial charge is 0.416 e. The van der Waals surface area contributed by atoms with Crippen molar-refractivity contribution in [2.75, 3.05) is 11.4 Å². The van der Waals surface area contributed by atoms with Crippen molar-refractivity contribution in [1.82, 2.24) is 0 Å². The van der Waals surface area contributed by atoms with Gasteiger partial charge in [-0.05, 0) is 43.0 Å². The Balaban J connectivity index is 2.00. The Kier molecular flexibility index (Phi) is 4.15. The van der Waals surface area contributed by atoms with Crippen molar-refractivity contribution in [2.45, 2.75) is 50.7 Å². The van der Waals surface area contributed by atoms with Gasteiger partial charge in [-0.3, -0.25) is 0 Å². The summed E-state index contributed by atoms with van der Waals surface area (Å²) in [7, 11) is 0. The third-order valence-corrected chi connectivity index (χ3v) is 4.89. The SMILES string of the molecule is O=C[C@@H]1Cc2cc(C(F)(F)F)ccc2N2CCCCCC[C@@H]12. The molecule has 0 radical (unpaired) electrons. The third kappa shape index (κ3) is 2.85. The van der Waals surface area contributed by atoms with Crippen molar-refractivity contribution in [2.24, 2.45) is 5.92 Å². The molecule has 0 unspecified atom stereocenters. The van der Waals surface area contributed by atoms with E-state index in [0.717, 1.165) is 50.3 Å². The molecule has 0 N–H and O–H groups in total. The molecular formula is C17H20F3NO. The summed E-state index contributed by atoms with van der Waals surface area (Å²) in [6.07, 6.45) is 2.40. The van der Waals surface area contributed by atoms with Crippen LogP contribution in [-0.4, -0.2) is 18.9 Å². The Morgan fingerprint density at radius 2 is 1.91 bits per heavy atom. The first-order valence-electron chi connectivity index (χ1n) is 7.93. The number of hydrogen-bond donors (Lipinski definition) is 0. The summed E-state index contributed by atoms with van der Waals surface area (Å²) in [6, 6.07) is 4.12. The molecule has 5 heteroatoms. The van der Waals surface area contributed by atoms with Gasteiger partial charge in [0.1, 0.15) is 6.29 Å². The summed E-state index contributed by atoms with van der Waals surface area (Å²) in [6.45, 7) is 0.827. The Labute approximate surface area is 128 Å². The summed E-state index contributed by atoms with van der Waals surface area (Å²) >= 11 is 0. The molecule has 0 spiro atoms. The number of carbonyl (C=O) groups excluding carboxylic acids is 1. The van der Waals surface area contributed by atoms with Gasteiger partial charge in [0.15, 0.2) is 0 Å². The molecule has 2 atom stereocenters. The highest BCUT2D eigenvalue weighted by molar-refractivity contribution is 5.66. The molecule has 0 saturated carbocycles. The number of nitrogens with zero attached hydrogens (tertiary/aromatic N) is 1. The average molecular weight is 311 g/mol. The van der Waals surface area contributed by atoms with E-state index in [9.17, 15) is 18.0 Å². The first-order valence-corrected chi connectivity index (χ1v) is 7.93. The second-order valence-electron chi connectivity index (χ2n) is 6.31. The van der Waals surface area contributed by atoms with Crippen molar-refractivity contribution in [3.63, 3.8) is 0 Å². The Morgan fingerprint density at radius 1 is 1.14 bits per heavy atom. The van der Waals surface area contributed by atoms with Gasteiger partial charge in [-0.2, -0.15) is 13.2 Å². The minimum Gasteiger partial charge on any atom is -0.368 e. The van der Waals surface area contributed by atoms with Crippen LogP contribution in [0.3, 0.4) is 0 Å². The van der Waals surface area contributed by atoms with Crippen LogP contribution in [0.4, 0.5) is 18.9 Å². The molecule has 1 aromatic carbocycles. The average Bonchev–Trinajstić information content (AvgIpc) is 2.45. The van der Waals surface area contributed by atoms with Crippen molar-refractivity contribution >= 4 is 12.0 Å². The van der Waals surface area contributed by atoms with Gasteiger partial charge in [-0.25, -0.2) is 0 Å². The highest BCUT2D eigenvalue weighted by Crippen LogP contribution is 2.40. The molecule has 3 rings (SSSR count). The molecule has 0 aliphatic carbocycles. The van der Waals surface area contributed by atoms with Crippen LogP contribution in [0.15, 0.2) is 18.2 Å². The van der Waals surface area contributed by atoms with Crippen LogP contribution in [0.5, 0.6) is 0 Å². The Hall–Kier alpha value is -1.52. The van der Waals surface area contributed by atoms with E-state index in [1.807, 2.05) is 0 Å². The number of halogens is 3. The van der Waals surface area contributed by atoms with E-state index < -0.39 is 11.7 Å². The molecule has 1 fully saturated rings. The molecule has 2 nitrogen and oxygen atoms in total. The number of hydrogen-bond acceptors (Lipinski definition) is 2. The highest BCUT2D eigenvalue weighted by atomic mass is 19.4. The number of fused-ring (bicyclic) bond motifs is 3. The Morgan fingerprint density at radius 3 is 2.64 bits per heavy atom. The first kappa shape index (κ1) is 15.4. The molecule has 0 amide bonds. The number of rotatable bonds is 1. The number of aldehydes is 1. The summed E-state index contributed by atoms with van der Waals surface area (Å²) < 4.78 is 38.7. The van der Waals surface area contributed by atoms with Crippen LogP contribution < -0.4 is 4.90 Å². The fourth-order valence-corrected chi connectivity index (χ4v) is 3.79. The molecule has 2 aliphatic heterocycles. The quantitative estimate of drug-likeness (QED) is 0.724. The zero-order chi connectivity index (χ0) is 15.7. The molecule has 0 aromatic heterocycles. The van der Waals surface area contributed by atoms with Gasteiger partial charge in [-0.15, -0.1) is 0 Å². The fourth-order valence-electron chi connectivity index (χ4n) is 3.79. The van der Waals surface area contributed by atoms with Crippen molar-refractivity contribution in [3.05, 3.63) is 29.3 Å². The van der Waals surface area contributed by atoms with Gasteiger partial charge in [0.05, 0.1) is 5.56 Å². The molecule has 1 saturated heterocycles. The lowest BCUT2D eigenvalue weighted by Crippen LogP contribution is -2.47. The predicted octanol–water partition coefficient (Wildman–Crippen LogP) is 4.22. The second-order valence-corrected chi connectivity index (χ2v) is 6.31. The Bertz CT molecular complexity index is 555.